The fourth-order valence-corrected chi connectivity index (χ4v) is 1.83. The van der Waals surface area contributed by atoms with E-state index in [0.717, 1.165) is 5.69 Å². The van der Waals surface area contributed by atoms with E-state index in [2.05, 4.69) is 15.0 Å². The topological polar surface area (TPSA) is 60.4 Å². The molecule has 0 amide bonds. The zero-order valence-corrected chi connectivity index (χ0v) is 12.3. The number of hydrogen-bond acceptors (Lipinski definition) is 6. The van der Waals surface area contributed by atoms with Crippen LogP contribution in [0.3, 0.4) is 0 Å². The highest BCUT2D eigenvalue weighted by Gasteiger charge is 2.14. The molecule has 0 aliphatic heterocycles. The summed E-state index contributed by atoms with van der Waals surface area (Å²) in [7, 11) is 3.43. The molecule has 0 atom stereocenters. The first-order chi connectivity index (χ1) is 9.65. The molecule has 6 nitrogen and oxygen atoms in total. The van der Waals surface area contributed by atoms with Gasteiger partial charge in [-0.1, -0.05) is 12.1 Å². The van der Waals surface area contributed by atoms with Crippen molar-refractivity contribution in [2.45, 2.75) is 6.92 Å². The van der Waals surface area contributed by atoms with Gasteiger partial charge in [0.25, 0.3) is 0 Å². The first-order valence-corrected chi connectivity index (χ1v) is 6.44. The van der Waals surface area contributed by atoms with Crippen LogP contribution in [0.5, 0.6) is 11.8 Å². The van der Waals surface area contributed by atoms with Crippen molar-refractivity contribution in [2.24, 2.45) is 0 Å². The molecule has 0 bridgehead atoms. The van der Waals surface area contributed by atoms with Gasteiger partial charge in [0.2, 0.25) is 11.2 Å². The Bertz CT molecular complexity index is 594. The molecule has 0 radical (unpaired) electrons. The molecule has 2 rings (SSSR count). The number of benzene rings is 1. The van der Waals surface area contributed by atoms with Gasteiger partial charge in [0.1, 0.15) is 5.75 Å². The molecule has 20 heavy (non-hydrogen) atoms. The van der Waals surface area contributed by atoms with Gasteiger partial charge in [-0.3, -0.25) is 0 Å². The van der Waals surface area contributed by atoms with Crippen LogP contribution in [0.15, 0.2) is 24.3 Å². The van der Waals surface area contributed by atoms with Gasteiger partial charge in [0.15, 0.2) is 0 Å². The summed E-state index contributed by atoms with van der Waals surface area (Å²) in [5, 5.41) is 0.0835. The molecule has 1 aromatic carbocycles. The number of nitrogens with zero attached hydrogens (tertiary/aromatic N) is 4. The molecule has 0 saturated heterocycles. The average Bonchev–Trinajstić information content (AvgIpc) is 2.46. The maximum atomic E-state index is 5.89. The van der Waals surface area contributed by atoms with Crippen LogP contribution >= 0.6 is 11.6 Å². The molecule has 106 valence electrons. The summed E-state index contributed by atoms with van der Waals surface area (Å²) in [6.07, 6.45) is 0. The summed E-state index contributed by atoms with van der Waals surface area (Å²) in [4.78, 5) is 14.0. The predicted octanol–water partition coefficient (Wildman–Crippen LogP) is 2.70. The lowest BCUT2D eigenvalue weighted by Crippen LogP contribution is -2.15. The van der Waals surface area contributed by atoms with E-state index in [1.54, 1.807) is 12.0 Å². The maximum absolute atomic E-state index is 5.89. The Morgan fingerprint density at radius 2 is 1.95 bits per heavy atom. The lowest BCUT2D eigenvalue weighted by atomic mass is 10.3. The van der Waals surface area contributed by atoms with Gasteiger partial charge in [-0.15, -0.1) is 0 Å². The number of aromatic nitrogens is 3. The Morgan fingerprint density at radius 1 is 1.20 bits per heavy atom. The van der Waals surface area contributed by atoms with Crippen molar-refractivity contribution < 1.29 is 9.47 Å². The number of ether oxygens (including phenoxy) is 2. The molecule has 0 unspecified atom stereocenters. The largest absolute Gasteiger partial charge is 0.495 e. The average molecular weight is 295 g/mol. The normalized spacial score (nSPS) is 10.2. The molecule has 0 saturated carbocycles. The first-order valence-electron chi connectivity index (χ1n) is 6.06. The molecule has 1 aromatic heterocycles. The summed E-state index contributed by atoms with van der Waals surface area (Å²) in [5.41, 5.74) is 0.819. The Kier molecular flexibility index (Phi) is 4.57. The minimum absolute atomic E-state index is 0.0835. The van der Waals surface area contributed by atoms with E-state index in [4.69, 9.17) is 21.1 Å². The fourth-order valence-electron chi connectivity index (χ4n) is 1.68. The number of anilines is 2. The van der Waals surface area contributed by atoms with E-state index < -0.39 is 0 Å². The second-order valence-electron chi connectivity index (χ2n) is 3.85. The molecule has 0 spiro atoms. The quantitative estimate of drug-likeness (QED) is 0.845. The van der Waals surface area contributed by atoms with E-state index in [-0.39, 0.29) is 11.3 Å². The summed E-state index contributed by atoms with van der Waals surface area (Å²) < 4.78 is 10.6. The zero-order valence-electron chi connectivity index (χ0n) is 11.5. The number of methoxy groups -OCH3 is 1. The van der Waals surface area contributed by atoms with Crippen molar-refractivity contribution in [1.82, 2.24) is 15.0 Å². The molecular weight excluding hydrogens is 280 g/mol. The van der Waals surface area contributed by atoms with Crippen molar-refractivity contribution >= 4 is 23.2 Å². The Balaban J connectivity index is 2.39. The molecule has 1 heterocycles. The van der Waals surface area contributed by atoms with Crippen LogP contribution < -0.4 is 14.4 Å². The molecule has 0 fully saturated rings. The Morgan fingerprint density at radius 3 is 2.65 bits per heavy atom. The molecule has 7 heteroatoms. The second kappa shape index (κ2) is 6.38. The highest BCUT2D eigenvalue weighted by Crippen LogP contribution is 2.31. The minimum Gasteiger partial charge on any atom is -0.495 e. The third-order valence-corrected chi connectivity index (χ3v) is 2.76. The Hall–Kier alpha value is -2.08. The number of para-hydroxylation sites is 2. The molecule has 0 N–H and O–H groups in total. The van der Waals surface area contributed by atoms with Crippen LogP contribution in [0.4, 0.5) is 11.6 Å². The summed E-state index contributed by atoms with van der Waals surface area (Å²) >= 11 is 5.89. The number of halogens is 1. The van der Waals surface area contributed by atoms with Crippen LogP contribution in [0.1, 0.15) is 6.92 Å². The van der Waals surface area contributed by atoms with E-state index in [9.17, 15) is 0 Å². The van der Waals surface area contributed by atoms with E-state index in [1.807, 2.05) is 38.2 Å². The first kappa shape index (κ1) is 14.3. The van der Waals surface area contributed by atoms with Crippen LogP contribution in [-0.4, -0.2) is 35.7 Å². The zero-order chi connectivity index (χ0) is 14.5. The van der Waals surface area contributed by atoms with Crippen molar-refractivity contribution in [3.05, 3.63) is 29.5 Å². The predicted molar refractivity (Wildman–Crippen MR) is 77.1 cm³/mol. The van der Waals surface area contributed by atoms with E-state index in [1.165, 1.54) is 0 Å². The summed E-state index contributed by atoms with van der Waals surface area (Å²) in [6.45, 7) is 2.31. The van der Waals surface area contributed by atoms with Crippen molar-refractivity contribution in [3.8, 4) is 11.8 Å². The molecule has 0 aliphatic rings. The van der Waals surface area contributed by atoms with Gasteiger partial charge >= 0.3 is 6.01 Å². The molecular formula is C13H15ClN4O2. The van der Waals surface area contributed by atoms with Crippen LogP contribution in [0, 0.1) is 0 Å². The third-order valence-electron chi connectivity index (χ3n) is 2.60. The maximum Gasteiger partial charge on any atom is 0.322 e. The third kappa shape index (κ3) is 3.08. The number of hydrogen-bond donors (Lipinski definition) is 0. The van der Waals surface area contributed by atoms with Crippen molar-refractivity contribution in [3.63, 3.8) is 0 Å². The van der Waals surface area contributed by atoms with Crippen molar-refractivity contribution in [2.75, 3.05) is 25.7 Å². The highest BCUT2D eigenvalue weighted by atomic mass is 35.5. The summed E-state index contributed by atoms with van der Waals surface area (Å²) in [5.74, 6) is 1.10. The van der Waals surface area contributed by atoms with Crippen LogP contribution in [-0.2, 0) is 0 Å². The second-order valence-corrected chi connectivity index (χ2v) is 4.19. The van der Waals surface area contributed by atoms with Crippen LogP contribution in [0.2, 0.25) is 5.28 Å². The monoisotopic (exact) mass is 294 g/mol. The highest BCUT2D eigenvalue weighted by molar-refractivity contribution is 6.28. The van der Waals surface area contributed by atoms with E-state index in [0.29, 0.717) is 18.3 Å². The smallest absolute Gasteiger partial charge is 0.322 e. The van der Waals surface area contributed by atoms with Gasteiger partial charge in [0, 0.05) is 7.05 Å². The van der Waals surface area contributed by atoms with Gasteiger partial charge in [-0.2, -0.15) is 15.0 Å². The van der Waals surface area contributed by atoms with E-state index >= 15 is 0 Å². The molecule has 0 aliphatic carbocycles. The van der Waals surface area contributed by atoms with Gasteiger partial charge in [-0.25, -0.2) is 0 Å². The van der Waals surface area contributed by atoms with Gasteiger partial charge in [-0.05, 0) is 30.7 Å². The van der Waals surface area contributed by atoms with Crippen LogP contribution in [0.25, 0.3) is 0 Å². The summed E-state index contributed by atoms with van der Waals surface area (Å²) in [6, 6.07) is 7.75. The van der Waals surface area contributed by atoms with Crippen molar-refractivity contribution in [1.29, 1.82) is 0 Å². The lowest BCUT2D eigenvalue weighted by molar-refractivity contribution is 0.311. The fraction of sp³-hybridized carbons (Fsp3) is 0.308. The van der Waals surface area contributed by atoms with Gasteiger partial charge in [0.05, 0.1) is 19.4 Å². The lowest BCUT2D eigenvalue weighted by Gasteiger charge is -2.19. The SMILES string of the molecule is CCOc1nc(Cl)nc(N(C)c2ccccc2OC)n1. The molecule has 2 aromatic rings. The Labute approximate surface area is 122 Å². The minimum atomic E-state index is 0.0835. The van der Waals surface area contributed by atoms with Gasteiger partial charge < -0.3 is 14.4 Å². The number of rotatable bonds is 5. The standard InChI is InChI=1S/C13H15ClN4O2/c1-4-20-13-16-11(14)15-12(17-13)18(2)9-7-5-6-8-10(9)19-3/h5-8H,4H2,1-3H3.